The minimum absolute atomic E-state index is 0.0960. The summed E-state index contributed by atoms with van der Waals surface area (Å²) >= 11 is 1.82. The van der Waals surface area contributed by atoms with Gasteiger partial charge in [-0.05, 0) is 105 Å². The van der Waals surface area contributed by atoms with Crippen LogP contribution in [0.5, 0.6) is 0 Å². The van der Waals surface area contributed by atoms with E-state index in [0.717, 1.165) is 22.6 Å². The number of hydrogen-bond donors (Lipinski definition) is 0. The average Bonchev–Trinajstić information content (AvgIpc) is 3.95. The van der Waals surface area contributed by atoms with Crippen molar-refractivity contribution in [1.82, 2.24) is 19.5 Å². The van der Waals surface area contributed by atoms with Crippen LogP contribution >= 0.6 is 11.3 Å². The second-order valence-electron chi connectivity index (χ2n) is 17.6. The molecule has 0 spiro atoms. The first-order valence-electron chi connectivity index (χ1n) is 22.3. The van der Waals surface area contributed by atoms with E-state index in [2.05, 4.69) is 189 Å². The molecule has 1 aliphatic carbocycles. The lowest BCUT2D eigenvalue weighted by atomic mass is 9.82. The molecule has 8 aromatic carbocycles. The second kappa shape index (κ2) is 15.5. The highest BCUT2D eigenvalue weighted by atomic mass is 32.1. The molecule has 0 atom stereocenters. The molecule has 0 unspecified atom stereocenters. The number of thiophene rings is 1. The molecule has 3 aromatic heterocycles. The van der Waals surface area contributed by atoms with E-state index < -0.39 is 0 Å². The molecule has 0 radical (unpaired) electrons. The van der Waals surface area contributed by atoms with Crippen LogP contribution in [0.15, 0.2) is 194 Å². The summed E-state index contributed by atoms with van der Waals surface area (Å²) in [7, 11) is 0. The van der Waals surface area contributed by atoms with Crippen LogP contribution in [-0.4, -0.2) is 19.5 Å². The molecule has 65 heavy (non-hydrogen) atoms. The van der Waals surface area contributed by atoms with Crippen molar-refractivity contribution in [3.63, 3.8) is 0 Å². The van der Waals surface area contributed by atoms with Crippen LogP contribution in [0, 0.1) is 0 Å². The van der Waals surface area contributed by atoms with E-state index in [1.165, 1.54) is 86.8 Å². The maximum Gasteiger partial charge on any atom is 0.163 e. The van der Waals surface area contributed by atoms with E-state index in [0.29, 0.717) is 18.1 Å². The number of fused-ring (bicyclic) bond motifs is 7. The zero-order valence-electron chi connectivity index (χ0n) is 36.5. The van der Waals surface area contributed by atoms with Crippen LogP contribution in [0.1, 0.15) is 53.7 Å². The van der Waals surface area contributed by atoms with E-state index in [1.807, 2.05) is 47.7 Å². The van der Waals surface area contributed by atoms with E-state index in [-0.39, 0.29) is 5.41 Å². The summed E-state index contributed by atoms with van der Waals surface area (Å²) in [6, 6.07) is 69.7. The van der Waals surface area contributed by atoms with Gasteiger partial charge in [0, 0.05) is 49.0 Å². The number of rotatable bonds is 8. The van der Waals surface area contributed by atoms with Crippen LogP contribution in [0.25, 0.3) is 94.3 Å². The first-order valence-corrected chi connectivity index (χ1v) is 23.1. The molecular weight excluding hydrogens is 809 g/mol. The van der Waals surface area contributed by atoms with E-state index in [1.54, 1.807) is 0 Å². The Kier molecular flexibility index (Phi) is 9.28. The number of benzene rings is 8. The fourth-order valence-electron chi connectivity index (χ4n) is 10.1. The van der Waals surface area contributed by atoms with Crippen molar-refractivity contribution in [3.05, 3.63) is 227 Å². The Morgan fingerprint density at radius 1 is 0.523 bits per heavy atom. The SMILES string of the molecule is C/C(=C\c1c(Cc2nc(-c3ccccc3)nc(-c3ccccc3)n2)sc2ccccc12)c1ccccc1-c1ccc2c3cc4c(cc3n(-c3ccccc3)c2c1)C(C)(C)c1ccccc1-4. The van der Waals surface area contributed by atoms with Gasteiger partial charge in [0.25, 0.3) is 0 Å². The number of nitrogens with zero attached hydrogens (tertiary/aromatic N) is 4. The van der Waals surface area contributed by atoms with Gasteiger partial charge in [-0.2, -0.15) is 0 Å². The highest BCUT2D eigenvalue weighted by molar-refractivity contribution is 7.19. The Balaban J connectivity index is 0.985. The minimum atomic E-state index is -0.0960. The molecule has 3 heterocycles. The summed E-state index contributed by atoms with van der Waals surface area (Å²) in [5, 5.41) is 3.75. The Morgan fingerprint density at radius 3 is 1.88 bits per heavy atom. The van der Waals surface area contributed by atoms with Crippen molar-refractivity contribution in [2.75, 3.05) is 0 Å². The third kappa shape index (κ3) is 6.62. The molecule has 0 amide bonds. The molecular formula is C60H44N4S. The monoisotopic (exact) mass is 852 g/mol. The molecule has 12 rings (SSSR count). The van der Waals surface area contributed by atoms with Gasteiger partial charge in [0.1, 0.15) is 5.82 Å². The smallest absolute Gasteiger partial charge is 0.163 e. The molecule has 0 fully saturated rings. The van der Waals surface area contributed by atoms with Gasteiger partial charge in [0.15, 0.2) is 11.6 Å². The maximum atomic E-state index is 5.09. The van der Waals surface area contributed by atoms with Gasteiger partial charge in [-0.3, -0.25) is 0 Å². The third-order valence-corrected chi connectivity index (χ3v) is 14.5. The quantitative estimate of drug-likeness (QED) is 0.153. The fourth-order valence-corrected chi connectivity index (χ4v) is 11.3. The highest BCUT2D eigenvalue weighted by Gasteiger charge is 2.36. The summed E-state index contributed by atoms with van der Waals surface area (Å²) < 4.78 is 3.71. The molecule has 0 saturated heterocycles. The Bertz CT molecular complexity index is 3600. The van der Waals surface area contributed by atoms with Crippen molar-refractivity contribution in [2.45, 2.75) is 32.6 Å². The number of para-hydroxylation sites is 1. The Morgan fingerprint density at radius 2 is 1.14 bits per heavy atom. The lowest BCUT2D eigenvalue weighted by molar-refractivity contribution is 0.661. The summed E-state index contributed by atoms with van der Waals surface area (Å²) in [6.45, 7) is 6.98. The molecule has 1 aliphatic rings. The van der Waals surface area contributed by atoms with Gasteiger partial charge >= 0.3 is 0 Å². The summed E-state index contributed by atoms with van der Waals surface area (Å²) in [4.78, 5) is 16.4. The van der Waals surface area contributed by atoms with Gasteiger partial charge in [0.05, 0.1) is 11.0 Å². The van der Waals surface area contributed by atoms with E-state index in [4.69, 9.17) is 15.0 Å². The normalized spacial score (nSPS) is 13.1. The summed E-state index contributed by atoms with van der Waals surface area (Å²) in [5.41, 5.74) is 16.9. The predicted octanol–water partition coefficient (Wildman–Crippen LogP) is 15.6. The molecule has 0 aliphatic heterocycles. The molecule has 0 saturated carbocycles. The maximum absolute atomic E-state index is 5.09. The zero-order valence-corrected chi connectivity index (χ0v) is 37.3. The van der Waals surface area contributed by atoms with Crippen LogP contribution in [0.3, 0.4) is 0 Å². The van der Waals surface area contributed by atoms with Crippen LogP contribution < -0.4 is 0 Å². The molecule has 0 N–H and O–H groups in total. The van der Waals surface area contributed by atoms with Crippen LogP contribution in [0.4, 0.5) is 0 Å². The number of hydrogen-bond acceptors (Lipinski definition) is 4. The van der Waals surface area contributed by atoms with Crippen molar-refractivity contribution in [1.29, 1.82) is 0 Å². The predicted molar refractivity (Wildman–Crippen MR) is 273 cm³/mol. The number of aromatic nitrogens is 4. The van der Waals surface area contributed by atoms with Gasteiger partial charge < -0.3 is 4.57 Å². The summed E-state index contributed by atoms with van der Waals surface area (Å²) in [6.07, 6.45) is 2.96. The molecule has 5 heteroatoms. The third-order valence-electron chi connectivity index (χ3n) is 13.3. The van der Waals surface area contributed by atoms with E-state index in [9.17, 15) is 0 Å². The first-order chi connectivity index (χ1) is 31.9. The average molecular weight is 853 g/mol. The van der Waals surface area contributed by atoms with Crippen LogP contribution in [-0.2, 0) is 11.8 Å². The van der Waals surface area contributed by atoms with Crippen LogP contribution in [0.2, 0.25) is 0 Å². The molecule has 310 valence electrons. The standard InChI is InChI=1S/C60H44N4S/c1-38(33-50-47-28-16-18-30-55(47)65-56(50)37-57-61-58(39-19-7-4-8-20-39)63-59(62-57)40-21-9-5-10-22-40)43-25-13-14-26-44(43)41-31-32-46-49-35-48-45-27-15-17-29-51(45)60(2,3)52(48)36-54(49)64(53(46)34-41)42-23-11-6-12-24-42/h4-36H,37H2,1-3H3/b38-33+. The Labute approximate surface area is 382 Å². The van der Waals surface area contributed by atoms with Crippen molar-refractivity contribution < 1.29 is 0 Å². The van der Waals surface area contributed by atoms with Gasteiger partial charge in [-0.1, -0.05) is 172 Å². The molecule has 11 aromatic rings. The Hall–Kier alpha value is -7.73. The summed E-state index contributed by atoms with van der Waals surface area (Å²) in [5.74, 6) is 2.11. The molecule has 0 bridgehead atoms. The van der Waals surface area contributed by atoms with Crippen molar-refractivity contribution in [2.24, 2.45) is 0 Å². The van der Waals surface area contributed by atoms with Gasteiger partial charge in [-0.15, -0.1) is 11.3 Å². The minimum Gasteiger partial charge on any atom is -0.309 e. The topological polar surface area (TPSA) is 43.6 Å². The van der Waals surface area contributed by atoms with E-state index >= 15 is 0 Å². The largest absolute Gasteiger partial charge is 0.309 e. The first kappa shape index (κ1) is 38.9. The molecule has 4 nitrogen and oxygen atoms in total. The highest BCUT2D eigenvalue weighted by Crippen LogP contribution is 2.51. The van der Waals surface area contributed by atoms with Gasteiger partial charge in [0.2, 0.25) is 0 Å². The lowest BCUT2D eigenvalue weighted by Gasteiger charge is -2.21. The number of allylic oxidation sites excluding steroid dienone is 1. The fraction of sp³-hybridized carbons (Fsp3) is 0.0833. The van der Waals surface area contributed by atoms with Crippen molar-refractivity contribution >= 4 is 54.9 Å². The lowest BCUT2D eigenvalue weighted by Crippen LogP contribution is -2.14. The second-order valence-corrected chi connectivity index (χ2v) is 18.7. The van der Waals surface area contributed by atoms with Crippen molar-refractivity contribution in [3.8, 4) is 50.7 Å². The zero-order chi connectivity index (χ0) is 43.6. The van der Waals surface area contributed by atoms with Gasteiger partial charge in [-0.25, -0.2) is 15.0 Å².